The first-order valence-corrected chi connectivity index (χ1v) is 6.22. The molecule has 6 heteroatoms. The van der Waals surface area contributed by atoms with Gasteiger partial charge in [-0.05, 0) is 43.9 Å². The van der Waals surface area contributed by atoms with Crippen LogP contribution < -0.4 is 11.5 Å². The third kappa shape index (κ3) is 3.66. The predicted octanol–water partition coefficient (Wildman–Crippen LogP) is -0.201. The van der Waals surface area contributed by atoms with Crippen LogP contribution in [-0.2, 0) is 11.2 Å². The molecule has 1 aromatic heterocycles. The second-order valence-electron chi connectivity index (χ2n) is 4.86. The van der Waals surface area contributed by atoms with Crippen molar-refractivity contribution in [1.82, 2.24) is 15.1 Å². The highest BCUT2D eigenvalue weighted by molar-refractivity contribution is 5.75. The number of amides is 1. The van der Waals surface area contributed by atoms with Crippen LogP contribution in [0.15, 0.2) is 12.1 Å². The molecule has 2 rings (SSSR count). The van der Waals surface area contributed by atoms with E-state index in [2.05, 4.69) is 15.1 Å². The summed E-state index contributed by atoms with van der Waals surface area (Å²) in [6.45, 7) is 2.20. The van der Waals surface area contributed by atoms with Crippen LogP contribution in [0.2, 0.25) is 0 Å². The fraction of sp³-hybridized carbons (Fsp3) is 0.583. The van der Waals surface area contributed by atoms with Crippen molar-refractivity contribution in [2.45, 2.75) is 19.3 Å². The number of nitrogens with zero attached hydrogens (tertiary/aromatic N) is 3. The number of nitrogen functional groups attached to an aromatic ring is 1. The molecule has 1 amide bonds. The third-order valence-corrected chi connectivity index (χ3v) is 3.22. The summed E-state index contributed by atoms with van der Waals surface area (Å²) >= 11 is 0. The Labute approximate surface area is 106 Å². The predicted molar refractivity (Wildman–Crippen MR) is 68.5 cm³/mol. The molecule has 0 radical (unpaired) electrons. The van der Waals surface area contributed by atoms with Gasteiger partial charge in [0.05, 0.1) is 12.2 Å². The van der Waals surface area contributed by atoms with Gasteiger partial charge in [-0.1, -0.05) is 0 Å². The molecule has 1 aliphatic heterocycles. The third-order valence-electron chi connectivity index (χ3n) is 3.22. The maximum absolute atomic E-state index is 10.9. The Morgan fingerprint density at radius 1 is 1.44 bits per heavy atom. The van der Waals surface area contributed by atoms with Gasteiger partial charge in [0.2, 0.25) is 5.91 Å². The second-order valence-corrected chi connectivity index (χ2v) is 4.86. The number of piperidine rings is 1. The van der Waals surface area contributed by atoms with Gasteiger partial charge in [0, 0.05) is 6.54 Å². The zero-order chi connectivity index (χ0) is 13.0. The molecule has 0 spiro atoms. The summed E-state index contributed by atoms with van der Waals surface area (Å²) in [7, 11) is 0. The van der Waals surface area contributed by atoms with Crippen molar-refractivity contribution in [1.29, 1.82) is 0 Å². The van der Waals surface area contributed by atoms with Crippen molar-refractivity contribution in [3.8, 4) is 0 Å². The van der Waals surface area contributed by atoms with Crippen LogP contribution in [0.4, 0.5) is 5.82 Å². The first-order chi connectivity index (χ1) is 8.63. The number of anilines is 1. The maximum Gasteiger partial charge on any atom is 0.231 e. The Morgan fingerprint density at radius 2 is 2.28 bits per heavy atom. The molecule has 6 nitrogen and oxygen atoms in total. The molecule has 1 aliphatic rings. The van der Waals surface area contributed by atoms with Gasteiger partial charge in [-0.3, -0.25) is 9.69 Å². The molecule has 0 aromatic carbocycles. The Hall–Kier alpha value is -1.69. The average Bonchev–Trinajstić information content (AvgIpc) is 2.32. The maximum atomic E-state index is 10.9. The largest absolute Gasteiger partial charge is 0.382 e. The van der Waals surface area contributed by atoms with E-state index in [0.29, 0.717) is 18.3 Å². The fourth-order valence-electron chi connectivity index (χ4n) is 2.46. The van der Waals surface area contributed by atoms with E-state index >= 15 is 0 Å². The minimum Gasteiger partial charge on any atom is -0.382 e. The van der Waals surface area contributed by atoms with E-state index in [1.807, 2.05) is 6.07 Å². The molecule has 98 valence electrons. The second kappa shape index (κ2) is 5.77. The van der Waals surface area contributed by atoms with Crippen molar-refractivity contribution in [2.75, 3.05) is 25.4 Å². The molecular weight excluding hydrogens is 230 g/mol. The van der Waals surface area contributed by atoms with E-state index in [1.54, 1.807) is 6.07 Å². The Bertz CT molecular complexity index is 405. The lowest BCUT2D eigenvalue weighted by Crippen LogP contribution is -2.41. The molecule has 1 unspecified atom stereocenters. The summed E-state index contributed by atoms with van der Waals surface area (Å²) < 4.78 is 0. The van der Waals surface area contributed by atoms with Gasteiger partial charge in [0.1, 0.15) is 5.82 Å². The summed E-state index contributed by atoms with van der Waals surface area (Å²) in [4.78, 5) is 13.0. The first kappa shape index (κ1) is 12.8. The molecule has 4 N–H and O–H groups in total. The van der Waals surface area contributed by atoms with Crippen molar-refractivity contribution >= 4 is 11.7 Å². The van der Waals surface area contributed by atoms with Gasteiger partial charge < -0.3 is 11.5 Å². The number of hydrogen-bond acceptors (Lipinski definition) is 5. The van der Waals surface area contributed by atoms with E-state index < -0.39 is 0 Å². The van der Waals surface area contributed by atoms with Crippen LogP contribution in [0, 0.1) is 5.92 Å². The molecule has 18 heavy (non-hydrogen) atoms. The van der Waals surface area contributed by atoms with Crippen LogP contribution in [0.1, 0.15) is 18.5 Å². The SMILES string of the molecule is NC(=O)CN1CCCC(Cc2ccc(N)nn2)C1. The average molecular weight is 249 g/mol. The number of likely N-dealkylation sites (tertiary alicyclic amines) is 1. The van der Waals surface area contributed by atoms with Crippen LogP contribution in [0.5, 0.6) is 0 Å². The Balaban J connectivity index is 1.89. The highest BCUT2D eigenvalue weighted by atomic mass is 16.1. The summed E-state index contributed by atoms with van der Waals surface area (Å²) in [5.74, 6) is 0.691. The number of carbonyl (C=O) groups excluding carboxylic acids is 1. The minimum absolute atomic E-state index is 0.261. The standard InChI is InChI=1S/C12H19N5O/c13-11-4-3-10(15-16-11)6-9-2-1-5-17(7-9)8-12(14)18/h3-4,9H,1-2,5-8H2,(H2,13,16)(H2,14,18). The molecule has 1 fully saturated rings. The summed E-state index contributed by atoms with van der Waals surface area (Å²) in [6, 6.07) is 3.68. The van der Waals surface area contributed by atoms with E-state index in [9.17, 15) is 4.79 Å². The van der Waals surface area contributed by atoms with Gasteiger partial charge in [-0.2, -0.15) is 5.10 Å². The summed E-state index contributed by atoms with van der Waals surface area (Å²) in [6.07, 6.45) is 3.13. The molecule has 1 atom stereocenters. The van der Waals surface area contributed by atoms with Gasteiger partial charge >= 0.3 is 0 Å². The van der Waals surface area contributed by atoms with Gasteiger partial charge in [0.25, 0.3) is 0 Å². The fourth-order valence-corrected chi connectivity index (χ4v) is 2.46. The van der Waals surface area contributed by atoms with Crippen molar-refractivity contribution in [2.24, 2.45) is 11.7 Å². The highest BCUT2D eigenvalue weighted by Gasteiger charge is 2.21. The summed E-state index contributed by atoms with van der Waals surface area (Å²) in [5.41, 5.74) is 11.7. The van der Waals surface area contributed by atoms with Crippen molar-refractivity contribution in [3.05, 3.63) is 17.8 Å². The molecule has 0 aliphatic carbocycles. The molecule has 0 bridgehead atoms. The lowest BCUT2D eigenvalue weighted by Gasteiger charge is -2.31. The topological polar surface area (TPSA) is 98.1 Å². The number of hydrogen-bond donors (Lipinski definition) is 2. The number of aromatic nitrogens is 2. The smallest absolute Gasteiger partial charge is 0.231 e. The van der Waals surface area contributed by atoms with Crippen LogP contribution in [-0.4, -0.2) is 40.6 Å². The molecule has 1 saturated heterocycles. The van der Waals surface area contributed by atoms with Crippen LogP contribution in [0.25, 0.3) is 0 Å². The highest BCUT2D eigenvalue weighted by Crippen LogP contribution is 2.19. The zero-order valence-corrected chi connectivity index (χ0v) is 10.4. The van der Waals surface area contributed by atoms with Crippen molar-refractivity contribution in [3.63, 3.8) is 0 Å². The zero-order valence-electron chi connectivity index (χ0n) is 10.4. The lowest BCUT2D eigenvalue weighted by atomic mass is 9.93. The summed E-state index contributed by atoms with van der Waals surface area (Å²) in [5, 5.41) is 7.93. The Morgan fingerprint density at radius 3 is 2.94 bits per heavy atom. The van der Waals surface area contributed by atoms with Crippen LogP contribution >= 0.6 is 0 Å². The molecular formula is C12H19N5O. The van der Waals surface area contributed by atoms with Gasteiger partial charge in [-0.15, -0.1) is 5.10 Å². The number of rotatable bonds is 4. The van der Waals surface area contributed by atoms with E-state index in [-0.39, 0.29) is 5.91 Å². The van der Waals surface area contributed by atoms with E-state index in [4.69, 9.17) is 11.5 Å². The number of nitrogens with two attached hydrogens (primary N) is 2. The minimum atomic E-state index is -0.261. The molecule has 2 heterocycles. The van der Waals surface area contributed by atoms with E-state index in [0.717, 1.165) is 38.0 Å². The number of primary amides is 1. The quantitative estimate of drug-likeness (QED) is 0.770. The van der Waals surface area contributed by atoms with Crippen LogP contribution in [0.3, 0.4) is 0 Å². The normalized spacial score (nSPS) is 20.8. The van der Waals surface area contributed by atoms with Gasteiger partial charge in [-0.25, -0.2) is 0 Å². The monoisotopic (exact) mass is 249 g/mol. The van der Waals surface area contributed by atoms with Gasteiger partial charge in [0.15, 0.2) is 0 Å². The lowest BCUT2D eigenvalue weighted by molar-refractivity contribution is -0.119. The molecule has 1 aromatic rings. The first-order valence-electron chi connectivity index (χ1n) is 6.22. The van der Waals surface area contributed by atoms with Crippen molar-refractivity contribution < 1.29 is 4.79 Å². The van der Waals surface area contributed by atoms with E-state index in [1.165, 1.54) is 0 Å². The Kier molecular flexibility index (Phi) is 4.09. The molecule has 0 saturated carbocycles. The number of carbonyl (C=O) groups is 1.